The van der Waals surface area contributed by atoms with Gasteiger partial charge < -0.3 is 24.8 Å². The normalized spacial score (nSPS) is 13.8. The van der Waals surface area contributed by atoms with Crippen LogP contribution in [0.4, 0.5) is 33.3 Å². The molecule has 0 bridgehead atoms. The molecule has 248 valence electrons. The Labute approximate surface area is 267 Å². The molecule has 0 spiro atoms. The Morgan fingerprint density at radius 3 is 2.43 bits per heavy atom. The number of pyridine rings is 1. The summed E-state index contributed by atoms with van der Waals surface area (Å²) < 4.78 is 67.8. The summed E-state index contributed by atoms with van der Waals surface area (Å²) in [4.78, 5) is 58.9. The number of nitrogens with zero attached hydrogens (tertiary/aromatic N) is 7. The molecule has 3 aromatic heterocycles. The number of nitrogens with one attached hydrogen (secondary N) is 1. The molecule has 2 N–H and O–H groups in total. The molecule has 0 saturated carbocycles. The van der Waals surface area contributed by atoms with Crippen molar-refractivity contribution in [1.82, 2.24) is 29.4 Å². The van der Waals surface area contributed by atoms with E-state index in [2.05, 4.69) is 25.3 Å². The van der Waals surface area contributed by atoms with Crippen LogP contribution in [0, 0.1) is 6.92 Å². The lowest BCUT2D eigenvalue weighted by atomic mass is 10.1. The number of amides is 2. The Morgan fingerprint density at radius 2 is 1.81 bits per heavy atom. The van der Waals surface area contributed by atoms with Crippen molar-refractivity contribution in [2.75, 3.05) is 36.4 Å². The highest BCUT2D eigenvalue weighted by atomic mass is 35.5. The molecule has 1 aliphatic rings. The average Bonchev–Trinajstić information content (AvgIpc) is 3.03. The number of hydrogen-bond acceptors (Lipinski definition) is 9. The first-order chi connectivity index (χ1) is 22.2. The highest BCUT2D eigenvalue weighted by Gasteiger charge is 2.32. The summed E-state index contributed by atoms with van der Waals surface area (Å²) in [6.45, 7) is 3.10. The van der Waals surface area contributed by atoms with Crippen LogP contribution in [0.1, 0.15) is 46.5 Å². The molecule has 0 aliphatic carbocycles. The van der Waals surface area contributed by atoms with E-state index in [-0.39, 0.29) is 71.8 Å². The summed E-state index contributed by atoms with van der Waals surface area (Å²) in [5, 5.41) is 12.3. The highest BCUT2D eigenvalue weighted by Crippen LogP contribution is 2.34. The number of piperazine rings is 1. The highest BCUT2D eigenvalue weighted by molar-refractivity contribution is 6.33. The van der Waals surface area contributed by atoms with E-state index in [1.165, 1.54) is 16.4 Å². The Morgan fingerprint density at radius 1 is 1.11 bits per heavy atom. The minimum absolute atomic E-state index is 0.0638. The molecular weight excluding hydrogens is 655 g/mol. The number of anilines is 2. The predicted molar refractivity (Wildman–Crippen MR) is 160 cm³/mol. The van der Waals surface area contributed by atoms with Crippen LogP contribution in [0.15, 0.2) is 35.5 Å². The first kappa shape index (κ1) is 33.4. The van der Waals surface area contributed by atoms with E-state index in [1.807, 2.05) is 0 Å². The summed E-state index contributed by atoms with van der Waals surface area (Å²) >= 11 is 6.01. The van der Waals surface area contributed by atoms with Crippen LogP contribution in [0.2, 0.25) is 5.02 Å². The zero-order chi connectivity index (χ0) is 34.2. The summed E-state index contributed by atoms with van der Waals surface area (Å²) in [5.74, 6) is -1.66. The van der Waals surface area contributed by atoms with Crippen LogP contribution in [0.5, 0.6) is 5.75 Å². The van der Waals surface area contributed by atoms with Crippen molar-refractivity contribution in [3.63, 3.8) is 0 Å². The zero-order valence-electron chi connectivity index (χ0n) is 24.8. The zero-order valence-corrected chi connectivity index (χ0v) is 25.5. The molecule has 18 heteroatoms. The quantitative estimate of drug-likeness (QED) is 0.272. The van der Waals surface area contributed by atoms with E-state index >= 15 is 0 Å². The minimum atomic E-state index is -4.65. The molecule has 1 aliphatic heterocycles. The van der Waals surface area contributed by atoms with E-state index in [1.54, 1.807) is 11.8 Å². The number of aromatic hydroxyl groups is 1. The molecule has 5 rings (SSSR count). The van der Waals surface area contributed by atoms with Crippen molar-refractivity contribution < 1.29 is 36.6 Å². The fourth-order valence-corrected chi connectivity index (χ4v) is 5.47. The maximum absolute atomic E-state index is 13.8. The van der Waals surface area contributed by atoms with Gasteiger partial charge in [-0.3, -0.25) is 14.4 Å². The van der Waals surface area contributed by atoms with Gasteiger partial charge in [-0.2, -0.15) is 13.2 Å². The Bertz CT molecular complexity index is 1930. The maximum atomic E-state index is 13.8. The van der Waals surface area contributed by atoms with Gasteiger partial charge >= 0.3 is 6.18 Å². The van der Waals surface area contributed by atoms with Gasteiger partial charge in [0.1, 0.15) is 24.3 Å². The second kappa shape index (κ2) is 13.1. The molecule has 4 aromatic rings. The number of aryl methyl sites for hydroxylation is 1. The van der Waals surface area contributed by atoms with Crippen LogP contribution in [-0.4, -0.2) is 72.5 Å². The van der Waals surface area contributed by atoms with Crippen molar-refractivity contribution in [1.29, 1.82) is 0 Å². The van der Waals surface area contributed by atoms with Crippen LogP contribution in [0.3, 0.4) is 0 Å². The molecule has 12 nitrogen and oxygen atoms in total. The van der Waals surface area contributed by atoms with Crippen LogP contribution < -0.4 is 15.6 Å². The van der Waals surface area contributed by atoms with Gasteiger partial charge in [0, 0.05) is 31.9 Å². The molecule has 1 aromatic carbocycles. The van der Waals surface area contributed by atoms with Crippen molar-refractivity contribution in [3.05, 3.63) is 74.3 Å². The van der Waals surface area contributed by atoms with E-state index in [4.69, 9.17) is 11.6 Å². The Hall–Kier alpha value is -4.93. The molecule has 0 atom stereocenters. The number of alkyl halides is 5. The molecule has 0 unspecified atom stereocenters. The van der Waals surface area contributed by atoms with Gasteiger partial charge in [-0.15, -0.1) is 0 Å². The Kier molecular flexibility index (Phi) is 9.29. The third kappa shape index (κ3) is 6.65. The first-order valence-corrected chi connectivity index (χ1v) is 14.5. The van der Waals surface area contributed by atoms with Gasteiger partial charge in [0.2, 0.25) is 11.3 Å². The summed E-state index contributed by atoms with van der Waals surface area (Å²) in [7, 11) is 0. The first-order valence-electron chi connectivity index (χ1n) is 14.1. The summed E-state index contributed by atoms with van der Waals surface area (Å²) in [6, 6.07) is 2.41. The largest absolute Gasteiger partial charge is 0.504 e. The third-order valence-corrected chi connectivity index (χ3v) is 7.89. The Balaban J connectivity index is 1.49. The van der Waals surface area contributed by atoms with Crippen LogP contribution >= 0.6 is 11.6 Å². The van der Waals surface area contributed by atoms with Gasteiger partial charge in [0.05, 0.1) is 28.2 Å². The maximum Gasteiger partial charge on any atom is 0.416 e. The number of halogens is 6. The number of aromatic nitrogens is 5. The van der Waals surface area contributed by atoms with Crippen LogP contribution in [-0.2, 0) is 23.9 Å². The lowest BCUT2D eigenvalue weighted by molar-refractivity contribution is -0.137. The lowest BCUT2D eigenvalue weighted by Crippen LogP contribution is -2.50. The standard InChI is InChI=1S/C29H26ClF5N8O4/c1-3-19-23(41-6-8-42(9-7-41)28(47)22-24(45)14(2)37-13-38-22)25(46)21-27(36-11-18(40-21)26(31)32)43(19)12-20(44)39-17-5-4-15(10-16(17)30)29(33,34)35/h4-5,10-11,13,26,45H,3,6-9,12H2,1-2H3,(H,39,44). The topological polar surface area (TPSA) is 146 Å². The smallest absolute Gasteiger partial charge is 0.416 e. The molecular formula is C29H26ClF5N8O4. The van der Waals surface area contributed by atoms with E-state index in [0.717, 1.165) is 24.7 Å². The van der Waals surface area contributed by atoms with E-state index in [9.17, 15) is 41.4 Å². The second-order valence-electron chi connectivity index (χ2n) is 10.5. The van der Waals surface area contributed by atoms with Gasteiger partial charge in [-0.05, 0) is 31.5 Å². The fraction of sp³-hybridized carbons (Fsp3) is 0.345. The number of rotatable bonds is 7. The van der Waals surface area contributed by atoms with Crippen molar-refractivity contribution in [2.45, 2.75) is 39.4 Å². The molecule has 2 amide bonds. The monoisotopic (exact) mass is 680 g/mol. The molecule has 1 fully saturated rings. The average molecular weight is 681 g/mol. The number of carbonyl (C=O) groups excluding carboxylic acids is 2. The third-order valence-electron chi connectivity index (χ3n) is 7.58. The predicted octanol–water partition coefficient (Wildman–Crippen LogP) is 4.37. The number of fused-ring (bicyclic) bond motifs is 1. The molecule has 4 heterocycles. The van der Waals surface area contributed by atoms with Gasteiger partial charge in [-0.1, -0.05) is 18.5 Å². The van der Waals surface area contributed by atoms with Crippen molar-refractivity contribution >= 4 is 46.0 Å². The minimum Gasteiger partial charge on any atom is -0.504 e. The van der Waals surface area contributed by atoms with Crippen molar-refractivity contribution in [2.24, 2.45) is 0 Å². The van der Waals surface area contributed by atoms with Crippen LogP contribution in [0.25, 0.3) is 11.2 Å². The van der Waals surface area contributed by atoms with E-state index in [0.29, 0.717) is 11.8 Å². The second-order valence-corrected chi connectivity index (χ2v) is 10.9. The van der Waals surface area contributed by atoms with Gasteiger partial charge in [0.25, 0.3) is 12.3 Å². The summed E-state index contributed by atoms with van der Waals surface area (Å²) in [6.07, 6.45) is -5.59. The molecule has 47 heavy (non-hydrogen) atoms. The fourth-order valence-electron chi connectivity index (χ4n) is 5.24. The summed E-state index contributed by atoms with van der Waals surface area (Å²) in [5.41, 5.74) is -2.75. The molecule has 0 radical (unpaired) electrons. The van der Waals surface area contributed by atoms with E-state index < -0.39 is 53.2 Å². The lowest BCUT2D eigenvalue weighted by Gasteiger charge is -2.37. The number of benzene rings is 1. The number of hydrogen-bond donors (Lipinski definition) is 2. The SMILES string of the molecule is CCc1c(N2CCN(C(=O)c3ncnc(C)c3O)CC2)c(=O)c2nc(C(F)F)cnc2n1CC(=O)Nc1ccc(C(F)(F)F)cc1Cl. The molecule has 1 saturated heterocycles. The number of carbonyl (C=O) groups is 2. The van der Waals surface area contributed by atoms with Gasteiger partial charge in [-0.25, -0.2) is 28.7 Å². The van der Waals surface area contributed by atoms with Gasteiger partial charge in [0.15, 0.2) is 22.6 Å². The van der Waals surface area contributed by atoms with Crippen molar-refractivity contribution in [3.8, 4) is 5.75 Å².